The number of nitrogens with one attached hydrogen (secondary N) is 1. The third kappa shape index (κ3) is 4.24. The number of benzene rings is 1. The summed E-state index contributed by atoms with van der Waals surface area (Å²) in [6.07, 6.45) is 9.23. The highest BCUT2D eigenvalue weighted by molar-refractivity contribution is 5.95. The number of nitrogens with zero attached hydrogens (tertiary/aromatic N) is 5. The number of ether oxygens (including phenoxy) is 1. The topological polar surface area (TPSA) is 60.5 Å². The average molecular weight is 475 g/mol. The van der Waals surface area contributed by atoms with Crippen LogP contribution >= 0.6 is 0 Å². The van der Waals surface area contributed by atoms with Crippen LogP contribution in [0.25, 0.3) is 10.9 Å². The third-order valence-electron chi connectivity index (χ3n) is 8.41. The second kappa shape index (κ2) is 9.34. The quantitative estimate of drug-likeness (QED) is 0.583. The van der Waals surface area contributed by atoms with Gasteiger partial charge >= 0.3 is 6.01 Å². The lowest BCUT2D eigenvalue weighted by atomic mass is 9.99. The number of rotatable bonds is 5. The van der Waals surface area contributed by atoms with Gasteiger partial charge in [0.2, 0.25) is 0 Å². The van der Waals surface area contributed by atoms with Crippen molar-refractivity contribution in [2.24, 2.45) is 0 Å². The zero-order valence-corrected chi connectivity index (χ0v) is 21.4. The highest BCUT2D eigenvalue weighted by Crippen LogP contribution is 2.37. The van der Waals surface area contributed by atoms with Gasteiger partial charge in [0.25, 0.3) is 0 Å². The average Bonchev–Trinajstić information content (AvgIpc) is 3.51. The highest BCUT2D eigenvalue weighted by atomic mass is 16.5. The Kier molecular flexibility index (Phi) is 6.04. The summed E-state index contributed by atoms with van der Waals surface area (Å²) in [5.41, 5.74) is 7.67. The van der Waals surface area contributed by atoms with Crippen molar-refractivity contribution >= 4 is 22.4 Å². The molecular formula is C28H38N6O. The lowest BCUT2D eigenvalue weighted by Gasteiger charge is -2.36. The van der Waals surface area contributed by atoms with E-state index in [0.29, 0.717) is 18.7 Å². The predicted octanol–water partition coefficient (Wildman–Crippen LogP) is 4.60. The van der Waals surface area contributed by atoms with Gasteiger partial charge in [-0.25, -0.2) is 0 Å². The second-order valence-corrected chi connectivity index (χ2v) is 10.7. The lowest BCUT2D eigenvalue weighted by Crippen LogP contribution is -2.37. The number of H-pyrrole nitrogens is 1. The SMILES string of the molecule is Cc1cc2[nH]ccc2c(N2CCc3c(nc(OC[C@@H]4CCCN4C)nc3N3CCCCC3)C2)c1C. The molecule has 0 spiro atoms. The highest BCUT2D eigenvalue weighted by Gasteiger charge is 2.29. The fourth-order valence-electron chi connectivity index (χ4n) is 6.20. The van der Waals surface area contributed by atoms with Crippen LogP contribution in [0.4, 0.5) is 11.5 Å². The van der Waals surface area contributed by atoms with Crippen molar-refractivity contribution in [3.8, 4) is 6.01 Å². The van der Waals surface area contributed by atoms with Gasteiger partial charge in [-0.05, 0) is 89.2 Å². The zero-order chi connectivity index (χ0) is 23.9. The minimum Gasteiger partial charge on any atom is -0.462 e. The standard InChI is InChI=1S/C28H38N6O/c1-19-16-24-22(9-11-29-24)26(20(19)2)34-15-10-23-25(17-34)30-28(35-18-21-8-7-12-32(21)3)31-27(23)33-13-5-4-6-14-33/h9,11,16,21,29H,4-8,10,12-15,17-18H2,1-3H3/t21-/m0/s1. The van der Waals surface area contributed by atoms with Crippen LogP contribution in [0.15, 0.2) is 18.3 Å². The molecule has 186 valence electrons. The van der Waals surface area contributed by atoms with E-state index < -0.39 is 0 Å². The smallest absolute Gasteiger partial charge is 0.318 e. The van der Waals surface area contributed by atoms with Crippen LogP contribution < -0.4 is 14.5 Å². The Labute approximate surface area is 208 Å². The molecular weight excluding hydrogens is 436 g/mol. The monoisotopic (exact) mass is 474 g/mol. The Bertz CT molecular complexity index is 1210. The largest absolute Gasteiger partial charge is 0.462 e. The summed E-state index contributed by atoms with van der Waals surface area (Å²) in [7, 11) is 2.19. The van der Waals surface area contributed by atoms with Gasteiger partial charge in [0.05, 0.1) is 12.2 Å². The first-order valence-corrected chi connectivity index (χ1v) is 13.4. The van der Waals surface area contributed by atoms with E-state index in [4.69, 9.17) is 14.7 Å². The van der Waals surface area contributed by atoms with Crippen LogP contribution in [-0.4, -0.2) is 65.7 Å². The Balaban J connectivity index is 1.35. The number of aryl methyl sites for hydroxylation is 1. The van der Waals surface area contributed by atoms with E-state index in [9.17, 15) is 0 Å². The number of aromatic amines is 1. The van der Waals surface area contributed by atoms with Crippen LogP contribution in [0.1, 0.15) is 54.5 Å². The van der Waals surface area contributed by atoms with E-state index in [1.807, 2.05) is 6.20 Å². The molecule has 1 N–H and O–H groups in total. The summed E-state index contributed by atoms with van der Waals surface area (Å²) in [5, 5.41) is 1.29. The fourth-order valence-corrected chi connectivity index (χ4v) is 6.20. The molecule has 0 saturated carbocycles. The van der Waals surface area contributed by atoms with Crippen molar-refractivity contribution in [2.45, 2.75) is 65.0 Å². The Hall–Kier alpha value is -2.80. The van der Waals surface area contributed by atoms with Crippen molar-refractivity contribution in [3.63, 3.8) is 0 Å². The van der Waals surface area contributed by atoms with E-state index in [-0.39, 0.29) is 0 Å². The summed E-state index contributed by atoms with van der Waals surface area (Å²) in [6, 6.07) is 5.48. The summed E-state index contributed by atoms with van der Waals surface area (Å²) >= 11 is 0. The van der Waals surface area contributed by atoms with Gasteiger partial charge in [0, 0.05) is 54.0 Å². The maximum absolute atomic E-state index is 6.29. The molecule has 3 aliphatic heterocycles. The summed E-state index contributed by atoms with van der Waals surface area (Å²) in [4.78, 5) is 20.8. The first-order valence-electron chi connectivity index (χ1n) is 13.4. The van der Waals surface area contributed by atoms with Gasteiger partial charge in [-0.3, -0.25) is 0 Å². The molecule has 0 amide bonds. The number of hydrogen-bond acceptors (Lipinski definition) is 6. The second-order valence-electron chi connectivity index (χ2n) is 10.7. The summed E-state index contributed by atoms with van der Waals surface area (Å²) in [5.74, 6) is 1.12. The molecule has 35 heavy (non-hydrogen) atoms. The van der Waals surface area contributed by atoms with Crippen molar-refractivity contribution in [1.82, 2.24) is 19.9 Å². The molecule has 1 aromatic carbocycles. The molecule has 0 bridgehead atoms. The van der Waals surface area contributed by atoms with Crippen LogP contribution in [0, 0.1) is 13.8 Å². The lowest BCUT2D eigenvalue weighted by molar-refractivity contribution is 0.187. The Morgan fingerprint density at radius 2 is 1.89 bits per heavy atom. The number of aromatic nitrogens is 3. The van der Waals surface area contributed by atoms with Gasteiger partial charge < -0.3 is 24.4 Å². The molecule has 0 unspecified atom stereocenters. The third-order valence-corrected chi connectivity index (χ3v) is 8.41. The molecule has 1 atom stereocenters. The Morgan fingerprint density at radius 3 is 2.69 bits per heavy atom. The minimum absolute atomic E-state index is 0.460. The minimum atomic E-state index is 0.460. The van der Waals surface area contributed by atoms with E-state index in [1.54, 1.807) is 0 Å². The predicted molar refractivity (Wildman–Crippen MR) is 142 cm³/mol. The molecule has 3 aliphatic rings. The Morgan fingerprint density at radius 1 is 1.03 bits per heavy atom. The van der Waals surface area contributed by atoms with E-state index in [0.717, 1.165) is 50.7 Å². The first kappa shape index (κ1) is 22.7. The molecule has 2 saturated heterocycles. The maximum Gasteiger partial charge on any atom is 0.318 e. The number of likely N-dealkylation sites (N-methyl/N-ethyl adjacent to an activating group) is 1. The molecule has 3 aromatic rings. The van der Waals surface area contributed by atoms with Crippen molar-refractivity contribution in [1.29, 1.82) is 0 Å². The van der Waals surface area contributed by atoms with Crippen LogP contribution in [0.3, 0.4) is 0 Å². The molecule has 6 rings (SSSR count). The maximum atomic E-state index is 6.29. The van der Waals surface area contributed by atoms with Gasteiger partial charge in [-0.1, -0.05) is 0 Å². The van der Waals surface area contributed by atoms with E-state index in [1.165, 1.54) is 65.4 Å². The molecule has 5 heterocycles. The molecule has 0 radical (unpaired) electrons. The van der Waals surface area contributed by atoms with E-state index >= 15 is 0 Å². The van der Waals surface area contributed by atoms with Gasteiger partial charge in [0.1, 0.15) is 12.4 Å². The number of anilines is 2. The fraction of sp³-hybridized carbons (Fsp3) is 0.571. The zero-order valence-electron chi connectivity index (χ0n) is 21.4. The van der Waals surface area contributed by atoms with Crippen LogP contribution in [0.2, 0.25) is 0 Å². The number of hydrogen-bond donors (Lipinski definition) is 1. The summed E-state index contributed by atoms with van der Waals surface area (Å²) < 4.78 is 6.29. The molecule has 2 fully saturated rings. The van der Waals surface area contributed by atoms with Crippen LogP contribution in [-0.2, 0) is 13.0 Å². The number of likely N-dealkylation sites (tertiary alicyclic amines) is 1. The van der Waals surface area contributed by atoms with E-state index in [2.05, 4.69) is 52.7 Å². The molecule has 7 heteroatoms. The molecule has 0 aliphatic carbocycles. The van der Waals surface area contributed by atoms with Crippen molar-refractivity contribution in [2.75, 3.05) is 49.6 Å². The number of fused-ring (bicyclic) bond motifs is 2. The van der Waals surface area contributed by atoms with Gasteiger partial charge in [0.15, 0.2) is 0 Å². The first-order chi connectivity index (χ1) is 17.1. The molecule has 7 nitrogen and oxygen atoms in total. The van der Waals surface area contributed by atoms with Crippen molar-refractivity contribution < 1.29 is 4.74 Å². The normalized spacial score (nSPS) is 21.1. The molecule has 2 aromatic heterocycles. The summed E-state index contributed by atoms with van der Waals surface area (Å²) in [6.45, 7) is 10.2. The number of piperidine rings is 1. The van der Waals surface area contributed by atoms with Gasteiger partial charge in [-0.2, -0.15) is 9.97 Å². The van der Waals surface area contributed by atoms with Gasteiger partial charge in [-0.15, -0.1) is 0 Å². The van der Waals surface area contributed by atoms with Crippen molar-refractivity contribution in [3.05, 3.63) is 40.7 Å². The van der Waals surface area contributed by atoms with Crippen LogP contribution in [0.5, 0.6) is 6.01 Å².